The average molecular weight is 221 g/mol. The summed E-state index contributed by atoms with van der Waals surface area (Å²) in [7, 11) is 0.371. The summed E-state index contributed by atoms with van der Waals surface area (Å²) >= 11 is 5.06. The standard InChI is InChI=1S/C6H13PS.2ClH/c8-7-6-4-2-1-3-5-6;;/h6H,1-5,7H2;2*1H. The summed E-state index contributed by atoms with van der Waals surface area (Å²) in [6, 6.07) is 0. The molecule has 1 atom stereocenters. The van der Waals surface area contributed by atoms with Crippen molar-refractivity contribution in [2.75, 3.05) is 0 Å². The Morgan fingerprint density at radius 1 is 1.00 bits per heavy atom. The van der Waals surface area contributed by atoms with Crippen molar-refractivity contribution in [1.82, 2.24) is 0 Å². The fraction of sp³-hybridized carbons (Fsp3) is 1.00. The summed E-state index contributed by atoms with van der Waals surface area (Å²) in [5.74, 6) is 0. The molecule has 4 heteroatoms. The van der Waals surface area contributed by atoms with E-state index in [0.717, 1.165) is 5.66 Å². The summed E-state index contributed by atoms with van der Waals surface area (Å²) in [6.07, 6.45) is 7.26. The maximum Gasteiger partial charge on any atom is -0.0169 e. The van der Waals surface area contributed by atoms with Crippen LogP contribution in [0.3, 0.4) is 0 Å². The second-order valence-electron chi connectivity index (χ2n) is 2.53. The number of hydrogen-bond donors (Lipinski definition) is 0. The zero-order chi connectivity index (χ0) is 5.82. The van der Waals surface area contributed by atoms with Crippen LogP contribution in [0, 0.1) is 0 Å². The molecule has 10 heavy (non-hydrogen) atoms. The normalized spacial score (nSPS) is 20.0. The maximum atomic E-state index is 5.06. The van der Waals surface area contributed by atoms with Crippen molar-refractivity contribution in [3.8, 4) is 0 Å². The molecule has 0 heterocycles. The van der Waals surface area contributed by atoms with Crippen LogP contribution in [0.5, 0.6) is 0 Å². The summed E-state index contributed by atoms with van der Waals surface area (Å²) in [6.45, 7) is 0. The Morgan fingerprint density at radius 3 is 1.80 bits per heavy atom. The van der Waals surface area contributed by atoms with Crippen LogP contribution in [0.4, 0.5) is 0 Å². The van der Waals surface area contributed by atoms with Gasteiger partial charge in [0.15, 0.2) is 0 Å². The van der Waals surface area contributed by atoms with E-state index in [4.69, 9.17) is 11.8 Å². The molecule has 0 aromatic carbocycles. The summed E-state index contributed by atoms with van der Waals surface area (Å²) in [5.41, 5.74) is 0.985. The highest BCUT2D eigenvalue weighted by Crippen LogP contribution is 2.26. The second kappa shape index (κ2) is 8.33. The van der Waals surface area contributed by atoms with Crippen molar-refractivity contribution >= 4 is 44.0 Å². The summed E-state index contributed by atoms with van der Waals surface area (Å²) in [4.78, 5) is 0. The number of halogens is 2. The van der Waals surface area contributed by atoms with Crippen molar-refractivity contribution < 1.29 is 0 Å². The molecule has 0 saturated heterocycles. The zero-order valence-corrected chi connectivity index (χ0v) is 9.52. The van der Waals surface area contributed by atoms with Crippen LogP contribution in [0.25, 0.3) is 0 Å². The summed E-state index contributed by atoms with van der Waals surface area (Å²) < 4.78 is 0. The van der Waals surface area contributed by atoms with Crippen LogP contribution >= 0.6 is 32.2 Å². The molecule has 0 radical (unpaired) electrons. The van der Waals surface area contributed by atoms with Gasteiger partial charge in [-0.15, -0.1) is 36.6 Å². The molecule has 0 bridgehead atoms. The van der Waals surface area contributed by atoms with Gasteiger partial charge in [-0.25, -0.2) is 0 Å². The van der Waals surface area contributed by atoms with E-state index in [2.05, 4.69) is 0 Å². The van der Waals surface area contributed by atoms with Gasteiger partial charge in [0, 0.05) is 0 Å². The van der Waals surface area contributed by atoms with Crippen LogP contribution in [-0.4, -0.2) is 5.66 Å². The van der Waals surface area contributed by atoms with Gasteiger partial charge in [-0.2, -0.15) is 0 Å². The van der Waals surface area contributed by atoms with Crippen molar-refractivity contribution in [3.05, 3.63) is 0 Å². The molecule has 0 nitrogen and oxygen atoms in total. The minimum atomic E-state index is 0. The summed E-state index contributed by atoms with van der Waals surface area (Å²) in [5, 5.41) is 0. The molecule has 0 spiro atoms. The van der Waals surface area contributed by atoms with Gasteiger partial charge in [-0.05, 0) is 18.5 Å². The lowest BCUT2D eigenvalue weighted by atomic mass is 10.0. The Kier molecular flexibility index (Phi) is 11.5. The first-order valence-corrected chi connectivity index (χ1v) is 5.94. The molecular weight excluding hydrogens is 206 g/mol. The van der Waals surface area contributed by atoms with E-state index in [1.165, 1.54) is 32.1 Å². The van der Waals surface area contributed by atoms with E-state index in [1.54, 1.807) is 0 Å². The third kappa shape index (κ3) is 4.96. The van der Waals surface area contributed by atoms with Crippen molar-refractivity contribution in [3.63, 3.8) is 0 Å². The molecule has 0 amide bonds. The third-order valence-corrected chi connectivity index (χ3v) is 4.05. The maximum absolute atomic E-state index is 5.06. The van der Waals surface area contributed by atoms with Crippen molar-refractivity contribution in [1.29, 1.82) is 0 Å². The van der Waals surface area contributed by atoms with E-state index >= 15 is 0 Å². The van der Waals surface area contributed by atoms with Crippen LogP contribution < -0.4 is 0 Å². The van der Waals surface area contributed by atoms with Gasteiger partial charge in [0.05, 0.1) is 0 Å². The molecule has 0 aromatic heterocycles. The van der Waals surface area contributed by atoms with Crippen LogP contribution in [0.2, 0.25) is 0 Å². The van der Waals surface area contributed by atoms with E-state index in [-0.39, 0.29) is 24.8 Å². The Hall–Kier alpha value is 1.23. The first kappa shape index (κ1) is 13.8. The molecule has 1 rings (SSSR count). The minimum absolute atomic E-state index is 0. The fourth-order valence-electron chi connectivity index (χ4n) is 1.27. The van der Waals surface area contributed by atoms with Gasteiger partial charge < -0.3 is 0 Å². The predicted molar refractivity (Wildman–Crippen MR) is 58.4 cm³/mol. The molecule has 1 aliphatic rings. The molecule has 64 valence electrons. The Bertz CT molecular complexity index is 83.8. The average Bonchev–Trinajstić information content (AvgIpc) is 1.90. The number of rotatable bonds is 1. The van der Waals surface area contributed by atoms with E-state index in [9.17, 15) is 0 Å². The van der Waals surface area contributed by atoms with Crippen molar-refractivity contribution in [2.45, 2.75) is 37.8 Å². The van der Waals surface area contributed by atoms with Gasteiger partial charge in [-0.1, -0.05) is 26.6 Å². The molecule has 1 unspecified atom stereocenters. The van der Waals surface area contributed by atoms with Crippen molar-refractivity contribution in [2.24, 2.45) is 0 Å². The Morgan fingerprint density at radius 2 is 1.50 bits per heavy atom. The molecular formula is C6H15Cl2PS. The van der Waals surface area contributed by atoms with Crippen LogP contribution in [0.1, 0.15) is 32.1 Å². The molecule has 0 N–H and O–H groups in total. The molecule has 1 aliphatic carbocycles. The topological polar surface area (TPSA) is 0 Å². The largest absolute Gasteiger partial charge is 0.147 e. The molecule has 1 fully saturated rings. The highest BCUT2D eigenvalue weighted by atomic mass is 35.5. The van der Waals surface area contributed by atoms with E-state index in [1.807, 2.05) is 0 Å². The lowest BCUT2D eigenvalue weighted by Crippen LogP contribution is -2.03. The molecule has 1 saturated carbocycles. The highest BCUT2D eigenvalue weighted by molar-refractivity contribution is 7.96. The number of hydrogen-bond acceptors (Lipinski definition) is 1. The first-order valence-electron chi connectivity index (χ1n) is 3.39. The van der Waals surface area contributed by atoms with Gasteiger partial charge in [0.2, 0.25) is 0 Å². The Labute approximate surface area is 81.8 Å². The molecule has 0 aliphatic heterocycles. The monoisotopic (exact) mass is 220 g/mol. The van der Waals surface area contributed by atoms with Crippen LogP contribution in [0.15, 0.2) is 0 Å². The fourth-order valence-corrected chi connectivity index (χ4v) is 2.83. The van der Waals surface area contributed by atoms with Crippen LogP contribution in [-0.2, 0) is 11.8 Å². The van der Waals surface area contributed by atoms with Gasteiger partial charge in [-0.3, -0.25) is 0 Å². The van der Waals surface area contributed by atoms with Gasteiger partial charge in [0.1, 0.15) is 0 Å². The smallest absolute Gasteiger partial charge is 0.0169 e. The predicted octanol–water partition coefficient (Wildman–Crippen LogP) is 3.04. The highest BCUT2D eigenvalue weighted by Gasteiger charge is 2.08. The SMILES string of the molecule is Cl.Cl.S=[PH2]C1CCCCC1. The second-order valence-corrected chi connectivity index (χ2v) is 4.57. The molecule has 0 aromatic rings. The minimum Gasteiger partial charge on any atom is -0.147 e. The third-order valence-electron chi connectivity index (χ3n) is 1.84. The van der Waals surface area contributed by atoms with E-state index in [0.29, 0.717) is 7.36 Å². The first-order chi connectivity index (χ1) is 3.93. The lowest BCUT2D eigenvalue weighted by molar-refractivity contribution is 0.515. The van der Waals surface area contributed by atoms with E-state index < -0.39 is 0 Å². The Balaban J connectivity index is 0. The zero-order valence-electron chi connectivity index (χ0n) is 5.91. The van der Waals surface area contributed by atoms with Gasteiger partial charge >= 0.3 is 0 Å². The lowest BCUT2D eigenvalue weighted by Gasteiger charge is -2.16. The van der Waals surface area contributed by atoms with Gasteiger partial charge in [0.25, 0.3) is 0 Å². The quantitative estimate of drug-likeness (QED) is 0.613.